The molecule has 1 aliphatic rings. The van der Waals surface area contributed by atoms with Crippen molar-refractivity contribution in [3.8, 4) is 0 Å². The van der Waals surface area contributed by atoms with E-state index in [0.29, 0.717) is 16.3 Å². The molecule has 7 heteroatoms. The van der Waals surface area contributed by atoms with Gasteiger partial charge in [0.2, 0.25) is 0 Å². The predicted molar refractivity (Wildman–Crippen MR) is 103 cm³/mol. The Bertz CT molecular complexity index is 820. The molecular formula is C19H19Cl2N3O2. The summed E-state index contributed by atoms with van der Waals surface area (Å²) >= 11 is 12.0. The Morgan fingerprint density at radius 3 is 2.58 bits per heavy atom. The van der Waals surface area contributed by atoms with E-state index in [-0.39, 0.29) is 22.7 Å². The molecule has 3 rings (SSSR count). The summed E-state index contributed by atoms with van der Waals surface area (Å²) in [4.78, 5) is 28.9. The zero-order chi connectivity index (χ0) is 18.5. The zero-order valence-corrected chi connectivity index (χ0v) is 15.6. The van der Waals surface area contributed by atoms with E-state index in [2.05, 4.69) is 15.6 Å². The molecule has 2 N–H and O–H groups in total. The fraction of sp³-hybridized carbons (Fsp3) is 0.316. The third kappa shape index (κ3) is 4.54. The molecule has 1 saturated carbocycles. The van der Waals surface area contributed by atoms with Crippen molar-refractivity contribution in [2.75, 3.05) is 5.32 Å². The second-order valence-corrected chi connectivity index (χ2v) is 7.08. The third-order valence-corrected chi connectivity index (χ3v) is 5.21. The van der Waals surface area contributed by atoms with Crippen LogP contribution in [0.2, 0.25) is 10.0 Å². The Labute approximate surface area is 162 Å². The van der Waals surface area contributed by atoms with Gasteiger partial charge in [0.25, 0.3) is 11.8 Å². The molecule has 5 nitrogen and oxygen atoms in total. The summed E-state index contributed by atoms with van der Waals surface area (Å²) in [5.74, 6) is -0.643. The average Bonchev–Trinajstić information content (AvgIpc) is 2.66. The van der Waals surface area contributed by atoms with Gasteiger partial charge in [-0.15, -0.1) is 0 Å². The van der Waals surface area contributed by atoms with Gasteiger partial charge in [0.1, 0.15) is 5.69 Å². The molecule has 1 aromatic heterocycles. The number of anilines is 1. The number of carbonyl (C=O) groups is 2. The molecule has 0 bridgehead atoms. The molecule has 1 aliphatic carbocycles. The first-order chi connectivity index (χ1) is 12.5. The van der Waals surface area contributed by atoms with Gasteiger partial charge in [-0.25, -0.2) is 0 Å². The van der Waals surface area contributed by atoms with Crippen LogP contribution in [0.15, 0.2) is 36.5 Å². The van der Waals surface area contributed by atoms with E-state index in [1.807, 2.05) is 0 Å². The number of nitrogens with zero attached hydrogens (tertiary/aromatic N) is 1. The monoisotopic (exact) mass is 391 g/mol. The maximum absolute atomic E-state index is 12.4. The number of hydrogen-bond acceptors (Lipinski definition) is 3. The van der Waals surface area contributed by atoms with Crippen molar-refractivity contribution >= 4 is 40.7 Å². The van der Waals surface area contributed by atoms with Crippen LogP contribution in [0.5, 0.6) is 0 Å². The lowest BCUT2D eigenvalue weighted by Crippen LogP contribution is -2.36. The molecule has 2 aromatic rings. The number of halogens is 2. The second-order valence-electron chi connectivity index (χ2n) is 6.29. The molecule has 0 unspecified atom stereocenters. The first kappa shape index (κ1) is 18.7. The summed E-state index contributed by atoms with van der Waals surface area (Å²) in [7, 11) is 0. The Hall–Kier alpha value is -2.11. The molecule has 0 saturated heterocycles. The van der Waals surface area contributed by atoms with Crippen LogP contribution in [0.3, 0.4) is 0 Å². The Morgan fingerprint density at radius 1 is 1.04 bits per heavy atom. The Morgan fingerprint density at radius 2 is 1.81 bits per heavy atom. The van der Waals surface area contributed by atoms with Crippen molar-refractivity contribution in [3.63, 3.8) is 0 Å². The Kier molecular flexibility index (Phi) is 6.12. The number of pyridine rings is 1. The van der Waals surface area contributed by atoms with Crippen molar-refractivity contribution in [2.24, 2.45) is 0 Å². The number of carbonyl (C=O) groups excluding carboxylic acids is 2. The highest BCUT2D eigenvalue weighted by molar-refractivity contribution is 6.44. The highest BCUT2D eigenvalue weighted by Crippen LogP contribution is 2.29. The van der Waals surface area contributed by atoms with Crippen LogP contribution < -0.4 is 10.6 Å². The van der Waals surface area contributed by atoms with Crippen molar-refractivity contribution < 1.29 is 9.59 Å². The lowest BCUT2D eigenvalue weighted by molar-refractivity contribution is 0.0927. The normalized spacial score (nSPS) is 14.7. The molecule has 0 aliphatic heterocycles. The van der Waals surface area contributed by atoms with Gasteiger partial charge >= 0.3 is 0 Å². The van der Waals surface area contributed by atoms with Crippen LogP contribution in [0.1, 0.15) is 53.0 Å². The van der Waals surface area contributed by atoms with Crippen molar-refractivity contribution in [2.45, 2.75) is 38.1 Å². The first-order valence-electron chi connectivity index (χ1n) is 8.57. The molecular weight excluding hydrogens is 373 g/mol. The van der Waals surface area contributed by atoms with E-state index in [0.717, 1.165) is 25.7 Å². The van der Waals surface area contributed by atoms with Crippen LogP contribution in [0, 0.1) is 0 Å². The number of amides is 2. The highest BCUT2D eigenvalue weighted by Gasteiger charge is 2.18. The van der Waals surface area contributed by atoms with Crippen molar-refractivity contribution in [3.05, 3.63) is 57.8 Å². The van der Waals surface area contributed by atoms with Gasteiger partial charge in [-0.2, -0.15) is 0 Å². The van der Waals surface area contributed by atoms with Crippen LogP contribution in [0.4, 0.5) is 5.69 Å². The summed E-state index contributed by atoms with van der Waals surface area (Å²) in [6, 6.07) is 8.24. The number of rotatable bonds is 4. The topological polar surface area (TPSA) is 71.1 Å². The molecule has 136 valence electrons. The summed E-state index contributed by atoms with van der Waals surface area (Å²) in [5, 5.41) is 6.30. The quantitative estimate of drug-likeness (QED) is 0.792. The van der Waals surface area contributed by atoms with Crippen LogP contribution in [-0.4, -0.2) is 22.8 Å². The summed E-state index contributed by atoms with van der Waals surface area (Å²) in [6.07, 6.45) is 6.93. The van der Waals surface area contributed by atoms with Gasteiger partial charge in [0.15, 0.2) is 0 Å². The van der Waals surface area contributed by atoms with Crippen molar-refractivity contribution in [1.29, 1.82) is 0 Å². The fourth-order valence-corrected chi connectivity index (χ4v) is 3.35. The van der Waals surface area contributed by atoms with E-state index in [9.17, 15) is 9.59 Å². The molecule has 1 heterocycles. The maximum Gasteiger partial charge on any atom is 0.274 e. The van der Waals surface area contributed by atoms with Gasteiger partial charge in [-0.05, 0) is 37.1 Å². The minimum absolute atomic E-state index is 0.136. The third-order valence-electron chi connectivity index (χ3n) is 4.39. The molecule has 26 heavy (non-hydrogen) atoms. The number of aromatic nitrogens is 1. The fourth-order valence-electron chi connectivity index (χ4n) is 3.00. The second kappa shape index (κ2) is 8.52. The van der Waals surface area contributed by atoms with Gasteiger partial charge < -0.3 is 10.6 Å². The van der Waals surface area contributed by atoms with E-state index < -0.39 is 5.91 Å². The van der Waals surface area contributed by atoms with Gasteiger partial charge in [-0.1, -0.05) is 48.5 Å². The predicted octanol–water partition coefficient (Wildman–Crippen LogP) is 4.70. The molecule has 1 fully saturated rings. The van der Waals surface area contributed by atoms with Gasteiger partial charge in [0, 0.05) is 17.8 Å². The number of nitrogens with one attached hydrogen (secondary N) is 2. The molecule has 0 spiro atoms. The van der Waals surface area contributed by atoms with Crippen LogP contribution >= 0.6 is 23.2 Å². The van der Waals surface area contributed by atoms with Crippen molar-refractivity contribution in [1.82, 2.24) is 10.3 Å². The largest absolute Gasteiger partial charge is 0.349 e. The SMILES string of the molecule is O=C(NC1CCCCC1)c1ccnc(C(=O)Nc2cccc(Cl)c2Cl)c1. The molecule has 2 amide bonds. The van der Waals surface area contributed by atoms with Crippen LogP contribution in [0.25, 0.3) is 0 Å². The van der Waals surface area contributed by atoms with Gasteiger partial charge in [-0.3, -0.25) is 14.6 Å². The lowest BCUT2D eigenvalue weighted by atomic mass is 9.95. The minimum Gasteiger partial charge on any atom is -0.349 e. The smallest absolute Gasteiger partial charge is 0.274 e. The lowest BCUT2D eigenvalue weighted by Gasteiger charge is -2.22. The standard InChI is InChI=1S/C19H19Cl2N3O2/c20-14-7-4-8-15(17(14)21)24-19(26)16-11-12(9-10-22-16)18(25)23-13-5-2-1-3-6-13/h4,7-11,13H,1-3,5-6H2,(H,23,25)(H,24,26). The van der Waals surface area contributed by atoms with E-state index in [1.54, 1.807) is 24.3 Å². The maximum atomic E-state index is 12.4. The average molecular weight is 392 g/mol. The summed E-state index contributed by atoms with van der Waals surface area (Å²) in [6.45, 7) is 0. The highest BCUT2D eigenvalue weighted by atomic mass is 35.5. The van der Waals surface area contributed by atoms with E-state index in [1.165, 1.54) is 18.7 Å². The van der Waals surface area contributed by atoms with Gasteiger partial charge in [0.05, 0.1) is 15.7 Å². The van der Waals surface area contributed by atoms with E-state index in [4.69, 9.17) is 23.2 Å². The molecule has 1 aromatic carbocycles. The van der Waals surface area contributed by atoms with E-state index >= 15 is 0 Å². The molecule has 0 atom stereocenters. The number of benzene rings is 1. The molecule has 0 radical (unpaired) electrons. The zero-order valence-electron chi connectivity index (χ0n) is 14.1. The first-order valence-corrected chi connectivity index (χ1v) is 9.32. The number of hydrogen-bond donors (Lipinski definition) is 2. The summed E-state index contributed by atoms with van der Waals surface area (Å²) in [5.41, 5.74) is 0.938. The van der Waals surface area contributed by atoms with Crippen LogP contribution in [-0.2, 0) is 0 Å². The summed E-state index contributed by atoms with van der Waals surface area (Å²) < 4.78 is 0. The Balaban J connectivity index is 1.70. The minimum atomic E-state index is -0.457.